The van der Waals surface area contributed by atoms with E-state index in [0.29, 0.717) is 6.10 Å². The van der Waals surface area contributed by atoms with Gasteiger partial charge in [0, 0.05) is 29.9 Å². The fourth-order valence-electron chi connectivity index (χ4n) is 1.81. The van der Waals surface area contributed by atoms with E-state index in [2.05, 4.69) is 0 Å². The van der Waals surface area contributed by atoms with Gasteiger partial charge in [-0.1, -0.05) is 6.07 Å². The fourth-order valence-corrected chi connectivity index (χ4v) is 2.71. The lowest BCUT2D eigenvalue weighted by atomic mass is 10.3. The highest BCUT2D eigenvalue weighted by Crippen LogP contribution is 2.18. The van der Waals surface area contributed by atoms with Gasteiger partial charge in [0.05, 0.1) is 12.7 Å². The molecule has 1 saturated heterocycles. The van der Waals surface area contributed by atoms with Crippen LogP contribution in [0.3, 0.4) is 0 Å². The molecule has 0 aromatic heterocycles. The number of thioether (sulfide) groups is 1. The van der Waals surface area contributed by atoms with Crippen LogP contribution in [0, 0.1) is 0 Å². The normalized spacial score (nSPS) is 19.4. The van der Waals surface area contributed by atoms with E-state index in [-0.39, 0.29) is 0 Å². The summed E-state index contributed by atoms with van der Waals surface area (Å²) in [7, 11) is 0. The van der Waals surface area contributed by atoms with E-state index in [1.165, 1.54) is 12.8 Å². The molecule has 1 aromatic rings. The molecule has 1 fully saturated rings. The smallest absolute Gasteiger partial charge is 0.121 e. The largest absolute Gasteiger partial charge is 0.493 e. The van der Waals surface area contributed by atoms with Crippen LogP contribution in [0.15, 0.2) is 24.3 Å². The molecule has 1 aliphatic heterocycles. The highest BCUT2D eigenvalue weighted by Gasteiger charge is 2.14. The second-order valence-corrected chi connectivity index (χ2v) is 5.28. The minimum Gasteiger partial charge on any atom is -0.493 e. The summed E-state index contributed by atoms with van der Waals surface area (Å²) in [6, 6.07) is 7.55. The molecular formula is C13H19NO2S. The molecule has 0 bridgehead atoms. The molecule has 2 rings (SSSR count). The first kappa shape index (κ1) is 12.6. The van der Waals surface area contributed by atoms with Gasteiger partial charge in [0.15, 0.2) is 0 Å². The maximum absolute atomic E-state index is 5.67. The monoisotopic (exact) mass is 253 g/mol. The third-order valence-electron chi connectivity index (χ3n) is 2.68. The number of rotatable bonds is 6. The molecule has 0 radical (unpaired) electrons. The minimum atomic E-state index is 0.465. The second-order valence-electron chi connectivity index (χ2n) is 4.13. The molecule has 94 valence electrons. The second kappa shape index (κ2) is 6.77. The van der Waals surface area contributed by atoms with Crippen LogP contribution in [0.2, 0.25) is 0 Å². The molecule has 4 heteroatoms. The number of nitrogen functional groups attached to an aromatic ring is 1. The summed E-state index contributed by atoms with van der Waals surface area (Å²) in [5.74, 6) is 2.93. The van der Waals surface area contributed by atoms with Crippen LogP contribution in [0.5, 0.6) is 5.75 Å². The van der Waals surface area contributed by atoms with Crippen molar-refractivity contribution >= 4 is 17.4 Å². The van der Waals surface area contributed by atoms with Gasteiger partial charge >= 0.3 is 0 Å². The van der Waals surface area contributed by atoms with Crippen molar-refractivity contribution < 1.29 is 9.47 Å². The van der Waals surface area contributed by atoms with Crippen LogP contribution in [-0.2, 0) is 4.74 Å². The molecule has 0 amide bonds. The maximum Gasteiger partial charge on any atom is 0.121 e. The Morgan fingerprint density at radius 3 is 3.18 bits per heavy atom. The quantitative estimate of drug-likeness (QED) is 0.625. The van der Waals surface area contributed by atoms with Gasteiger partial charge in [-0.3, -0.25) is 0 Å². The van der Waals surface area contributed by atoms with E-state index < -0.39 is 0 Å². The summed E-state index contributed by atoms with van der Waals surface area (Å²) in [5, 5.41) is 0. The van der Waals surface area contributed by atoms with E-state index in [0.717, 1.165) is 36.2 Å². The number of nitrogens with two attached hydrogens (primary N) is 1. The summed E-state index contributed by atoms with van der Waals surface area (Å²) in [4.78, 5) is 0. The van der Waals surface area contributed by atoms with Crippen molar-refractivity contribution in [2.75, 3.05) is 30.5 Å². The first-order valence-electron chi connectivity index (χ1n) is 6.02. The van der Waals surface area contributed by atoms with Crippen LogP contribution >= 0.6 is 11.8 Å². The molecule has 0 spiro atoms. The third-order valence-corrected chi connectivity index (χ3v) is 3.75. The predicted molar refractivity (Wildman–Crippen MR) is 72.6 cm³/mol. The predicted octanol–water partition coefficient (Wildman–Crippen LogP) is 2.56. The minimum absolute atomic E-state index is 0.465. The summed E-state index contributed by atoms with van der Waals surface area (Å²) in [5.41, 5.74) is 6.41. The van der Waals surface area contributed by atoms with Crippen molar-refractivity contribution in [2.45, 2.75) is 18.9 Å². The molecule has 3 nitrogen and oxygen atoms in total. The Kier molecular flexibility index (Phi) is 5.01. The Morgan fingerprint density at radius 2 is 2.41 bits per heavy atom. The number of benzene rings is 1. The Bertz CT molecular complexity index is 340. The van der Waals surface area contributed by atoms with E-state index in [9.17, 15) is 0 Å². The van der Waals surface area contributed by atoms with Gasteiger partial charge in [0.2, 0.25) is 0 Å². The maximum atomic E-state index is 5.67. The van der Waals surface area contributed by atoms with Gasteiger partial charge < -0.3 is 15.2 Å². The summed E-state index contributed by atoms with van der Waals surface area (Å²) >= 11 is 1.89. The molecule has 0 saturated carbocycles. The summed E-state index contributed by atoms with van der Waals surface area (Å²) < 4.78 is 11.2. The molecular weight excluding hydrogens is 234 g/mol. The molecule has 1 heterocycles. The Labute approximate surface area is 107 Å². The number of anilines is 1. The molecule has 1 unspecified atom stereocenters. The van der Waals surface area contributed by atoms with Gasteiger partial charge in [-0.15, -0.1) is 0 Å². The average molecular weight is 253 g/mol. The number of hydrogen-bond acceptors (Lipinski definition) is 4. The van der Waals surface area contributed by atoms with Crippen LogP contribution < -0.4 is 10.5 Å². The van der Waals surface area contributed by atoms with Crippen LogP contribution in [0.25, 0.3) is 0 Å². The van der Waals surface area contributed by atoms with Gasteiger partial charge in [-0.25, -0.2) is 0 Å². The molecule has 0 aliphatic carbocycles. The summed E-state index contributed by atoms with van der Waals surface area (Å²) in [6.07, 6.45) is 2.89. The Hall–Kier alpha value is -0.870. The number of ether oxygens (including phenoxy) is 2. The lowest BCUT2D eigenvalue weighted by Crippen LogP contribution is -2.10. The first-order chi connectivity index (χ1) is 8.34. The average Bonchev–Trinajstić information content (AvgIpc) is 2.82. The van der Waals surface area contributed by atoms with Crippen molar-refractivity contribution in [3.63, 3.8) is 0 Å². The van der Waals surface area contributed by atoms with Crippen molar-refractivity contribution in [3.05, 3.63) is 24.3 Å². The van der Waals surface area contributed by atoms with Gasteiger partial charge in [0.1, 0.15) is 5.75 Å². The lowest BCUT2D eigenvalue weighted by molar-refractivity contribution is 0.129. The lowest BCUT2D eigenvalue weighted by Gasteiger charge is -2.09. The fraction of sp³-hybridized carbons (Fsp3) is 0.538. The third kappa shape index (κ3) is 4.48. The zero-order chi connectivity index (χ0) is 11.9. The number of hydrogen-bond donors (Lipinski definition) is 1. The van der Waals surface area contributed by atoms with Gasteiger partial charge in [-0.2, -0.15) is 11.8 Å². The van der Waals surface area contributed by atoms with Crippen molar-refractivity contribution in [1.82, 2.24) is 0 Å². The zero-order valence-corrected chi connectivity index (χ0v) is 10.7. The van der Waals surface area contributed by atoms with E-state index in [1.807, 2.05) is 36.0 Å². The zero-order valence-electron chi connectivity index (χ0n) is 9.93. The van der Waals surface area contributed by atoms with Crippen molar-refractivity contribution in [3.8, 4) is 5.75 Å². The molecule has 1 aliphatic rings. The highest BCUT2D eigenvalue weighted by molar-refractivity contribution is 7.99. The van der Waals surface area contributed by atoms with E-state index in [4.69, 9.17) is 15.2 Å². The van der Waals surface area contributed by atoms with E-state index in [1.54, 1.807) is 0 Å². The van der Waals surface area contributed by atoms with Crippen LogP contribution in [-0.4, -0.2) is 30.8 Å². The van der Waals surface area contributed by atoms with Crippen molar-refractivity contribution in [1.29, 1.82) is 0 Å². The topological polar surface area (TPSA) is 44.5 Å². The van der Waals surface area contributed by atoms with Gasteiger partial charge in [0.25, 0.3) is 0 Å². The molecule has 17 heavy (non-hydrogen) atoms. The van der Waals surface area contributed by atoms with Gasteiger partial charge in [-0.05, 0) is 25.0 Å². The van der Waals surface area contributed by atoms with Crippen LogP contribution in [0.1, 0.15) is 12.8 Å². The molecule has 1 aromatic carbocycles. The van der Waals surface area contributed by atoms with Crippen LogP contribution in [0.4, 0.5) is 5.69 Å². The Balaban J connectivity index is 1.56. The SMILES string of the molecule is Nc1cccc(OCCSCC2CCCO2)c1. The standard InChI is InChI=1S/C13H19NO2S/c14-11-3-1-4-12(9-11)16-7-8-17-10-13-5-2-6-15-13/h1,3-4,9,13H,2,5-8,10,14H2. The molecule has 2 N–H and O–H groups in total. The van der Waals surface area contributed by atoms with Crippen molar-refractivity contribution in [2.24, 2.45) is 0 Å². The first-order valence-corrected chi connectivity index (χ1v) is 7.18. The summed E-state index contributed by atoms with van der Waals surface area (Å²) in [6.45, 7) is 1.66. The Morgan fingerprint density at radius 1 is 1.47 bits per heavy atom. The van der Waals surface area contributed by atoms with E-state index >= 15 is 0 Å². The molecule has 1 atom stereocenters. The highest BCUT2D eigenvalue weighted by atomic mass is 32.2.